The number of alkyl halides is 3. The zero-order chi connectivity index (χ0) is 24.5. The van der Waals surface area contributed by atoms with E-state index in [4.69, 9.17) is 9.47 Å². The molecule has 1 amide bonds. The van der Waals surface area contributed by atoms with Gasteiger partial charge in [0.25, 0.3) is 5.91 Å². The first-order chi connectivity index (χ1) is 16.1. The van der Waals surface area contributed by atoms with Crippen molar-refractivity contribution in [3.05, 3.63) is 58.4 Å². The molecule has 1 unspecified atom stereocenters. The van der Waals surface area contributed by atoms with Crippen molar-refractivity contribution in [3.8, 4) is 16.3 Å². The van der Waals surface area contributed by atoms with Gasteiger partial charge in [-0.1, -0.05) is 0 Å². The molecule has 3 aromatic rings. The Morgan fingerprint density at radius 1 is 1.24 bits per heavy atom. The molecular formula is C22H20F4N4O3S. The first kappa shape index (κ1) is 24.0. The van der Waals surface area contributed by atoms with Crippen LogP contribution in [0.4, 0.5) is 17.6 Å². The molecule has 0 bridgehead atoms. The molecule has 2 aromatic heterocycles. The summed E-state index contributed by atoms with van der Waals surface area (Å²) in [5.41, 5.74) is 0.455. The molecule has 1 saturated heterocycles. The fourth-order valence-corrected chi connectivity index (χ4v) is 4.06. The first-order valence-corrected chi connectivity index (χ1v) is 11.1. The molecule has 0 spiro atoms. The number of ether oxygens (including phenoxy) is 2. The van der Waals surface area contributed by atoms with Crippen LogP contribution in [0.1, 0.15) is 46.0 Å². The normalized spacial score (nSPS) is 16.9. The topological polar surface area (TPSA) is 86.2 Å². The highest BCUT2D eigenvalue weighted by Gasteiger charge is 2.34. The number of nitrogens with one attached hydrogen (secondary N) is 1. The molecular weight excluding hydrogens is 476 g/mol. The van der Waals surface area contributed by atoms with Crippen LogP contribution in [0.15, 0.2) is 30.7 Å². The predicted octanol–water partition coefficient (Wildman–Crippen LogP) is 4.73. The van der Waals surface area contributed by atoms with E-state index in [1.807, 2.05) is 6.92 Å². The van der Waals surface area contributed by atoms with Gasteiger partial charge in [-0.2, -0.15) is 13.2 Å². The van der Waals surface area contributed by atoms with Crippen molar-refractivity contribution in [2.24, 2.45) is 0 Å². The summed E-state index contributed by atoms with van der Waals surface area (Å²) < 4.78 is 64.5. The van der Waals surface area contributed by atoms with Crippen LogP contribution in [0.5, 0.6) is 5.75 Å². The average Bonchev–Trinajstić information content (AvgIpc) is 3.46. The Labute approximate surface area is 196 Å². The van der Waals surface area contributed by atoms with E-state index < -0.39 is 29.8 Å². The minimum absolute atomic E-state index is 0.100. The van der Waals surface area contributed by atoms with Gasteiger partial charge in [0, 0.05) is 41.0 Å². The Balaban J connectivity index is 1.61. The summed E-state index contributed by atoms with van der Waals surface area (Å²) in [5.74, 6) is -3.01. The van der Waals surface area contributed by atoms with Crippen LogP contribution in [0, 0.1) is 12.7 Å². The average molecular weight is 496 g/mol. The highest BCUT2D eigenvalue weighted by molar-refractivity contribution is 7.14. The minimum atomic E-state index is -4.68. The third-order valence-corrected chi connectivity index (χ3v) is 6.07. The fraction of sp³-hybridized carbons (Fsp3) is 0.364. The van der Waals surface area contributed by atoms with Gasteiger partial charge < -0.3 is 14.8 Å². The number of halogens is 4. The summed E-state index contributed by atoms with van der Waals surface area (Å²) in [6.07, 6.45) is -0.819. The molecule has 1 N–H and O–H groups in total. The van der Waals surface area contributed by atoms with Gasteiger partial charge in [0.05, 0.1) is 24.8 Å². The Hall–Kier alpha value is -3.12. The van der Waals surface area contributed by atoms with E-state index in [1.54, 1.807) is 6.20 Å². The smallest absolute Gasteiger partial charge is 0.451 e. The van der Waals surface area contributed by atoms with Crippen molar-refractivity contribution in [1.82, 2.24) is 20.3 Å². The maximum atomic E-state index is 15.3. The number of hydrogen-bond acceptors (Lipinski definition) is 7. The van der Waals surface area contributed by atoms with Crippen LogP contribution in [0.3, 0.4) is 0 Å². The summed E-state index contributed by atoms with van der Waals surface area (Å²) in [4.78, 5) is 24.8. The van der Waals surface area contributed by atoms with Crippen molar-refractivity contribution in [2.75, 3.05) is 13.2 Å². The van der Waals surface area contributed by atoms with E-state index >= 15 is 4.39 Å². The lowest BCUT2D eigenvalue weighted by Gasteiger charge is -2.18. The van der Waals surface area contributed by atoms with Crippen LogP contribution in [-0.2, 0) is 10.9 Å². The molecule has 1 aromatic carbocycles. The zero-order valence-electron chi connectivity index (χ0n) is 18.1. The number of benzene rings is 1. The monoisotopic (exact) mass is 496 g/mol. The molecule has 2 atom stereocenters. The van der Waals surface area contributed by atoms with E-state index in [0.29, 0.717) is 30.2 Å². The van der Waals surface area contributed by atoms with Crippen LogP contribution in [-0.4, -0.2) is 40.2 Å². The summed E-state index contributed by atoms with van der Waals surface area (Å²) in [7, 11) is 0. The van der Waals surface area contributed by atoms with E-state index in [2.05, 4.69) is 20.3 Å². The molecule has 180 valence electrons. The van der Waals surface area contributed by atoms with E-state index in [0.717, 1.165) is 17.3 Å². The molecule has 3 heterocycles. The molecule has 0 saturated carbocycles. The second kappa shape index (κ2) is 9.63. The lowest BCUT2D eigenvalue weighted by atomic mass is 10.1. The quantitative estimate of drug-likeness (QED) is 0.497. The van der Waals surface area contributed by atoms with Gasteiger partial charge in [0.15, 0.2) is 11.6 Å². The third-order valence-electron chi connectivity index (χ3n) is 5.11. The van der Waals surface area contributed by atoms with Crippen molar-refractivity contribution in [3.63, 3.8) is 0 Å². The number of nitrogens with zero attached hydrogens (tertiary/aromatic N) is 3. The van der Waals surface area contributed by atoms with Gasteiger partial charge in [0.2, 0.25) is 5.82 Å². The molecule has 0 aliphatic carbocycles. The Morgan fingerprint density at radius 2 is 1.97 bits per heavy atom. The molecule has 1 fully saturated rings. The molecule has 0 radical (unpaired) electrons. The lowest BCUT2D eigenvalue weighted by molar-refractivity contribution is -0.145. The minimum Gasteiger partial charge on any atom is -0.485 e. The van der Waals surface area contributed by atoms with Gasteiger partial charge >= 0.3 is 6.18 Å². The summed E-state index contributed by atoms with van der Waals surface area (Å²) in [6.45, 7) is 4.21. The van der Waals surface area contributed by atoms with Crippen LogP contribution < -0.4 is 10.1 Å². The van der Waals surface area contributed by atoms with E-state index in [-0.39, 0.29) is 23.0 Å². The summed E-state index contributed by atoms with van der Waals surface area (Å²) in [6, 6.07) is 2.08. The highest BCUT2D eigenvalue weighted by Crippen LogP contribution is 2.33. The number of aryl methyl sites for hydroxylation is 1. The van der Waals surface area contributed by atoms with Gasteiger partial charge in [-0.05, 0) is 26.0 Å². The van der Waals surface area contributed by atoms with Gasteiger partial charge in [-0.25, -0.2) is 19.3 Å². The second-order valence-electron chi connectivity index (χ2n) is 7.75. The number of aromatic nitrogens is 3. The number of rotatable bonds is 6. The first-order valence-electron chi connectivity index (χ1n) is 10.3. The predicted molar refractivity (Wildman–Crippen MR) is 115 cm³/mol. The third kappa shape index (κ3) is 5.33. The van der Waals surface area contributed by atoms with Crippen molar-refractivity contribution in [2.45, 2.75) is 38.6 Å². The SMILES string of the molecule is Cc1cnc(-c2cc(O[C@@H]3CCOC3)c(F)c(C(=O)NC(C)c3cnc(C(F)(F)F)nc3)c2)s1. The van der Waals surface area contributed by atoms with E-state index in [9.17, 15) is 18.0 Å². The Kier molecular flexibility index (Phi) is 6.80. The second-order valence-corrected chi connectivity index (χ2v) is 8.98. The molecule has 1 aliphatic rings. The zero-order valence-corrected chi connectivity index (χ0v) is 19.0. The molecule has 1 aliphatic heterocycles. The van der Waals surface area contributed by atoms with Crippen LogP contribution in [0.25, 0.3) is 10.6 Å². The molecule has 34 heavy (non-hydrogen) atoms. The van der Waals surface area contributed by atoms with Gasteiger partial charge in [-0.15, -0.1) is 11.3 Å². The molecule has 12 heteroatoms. The number of carbonyl (C=O) groups is 1. The number of amides is 1. The summed E-state index contributed by atoms with van der Waals surface area (Å²) >= 11 is 1.38. The van der Waals surface area contributed by atoms with Gasteiger partial charge in [-0.3, -0.25) is 4.79 Å². The Bertz CT molecular complexity index is 1180. The fourth-order valence-electron chi connectivity index (χ4n) is 3.31. The van der Waals surface area contributed by atoms with Crippen molar-refractivity contribution >= 4 is 17.2 Å². The maximum absolute atomic E-state index is 15.3. The molecule has 4 rings (SSSR count). The largest absolute Gasteiger partial charge is 0.485 e. The lowest BCUT2D eigenvalue weighted by Crippen LogP contribution is -2.28. The van der Waals surface area contributed by atoms with Gasteiger partial charge in [0.1, 0.15) is 11.1 Å². The number of hydrogen-bond donors (Lipinski definition) is 1. The Morgan fingerprint density at radius 3 is 2.56 bits per heavy atom. The standard InChI is InChI=1S/C22H20F4N4O3S/c1-11-7-27-20(34-11)13-5-16(18(23)17(6-13)33-15-3-4-32-10-15)19(31)30-12(2)14-8-28-21(29-9-14)22(24,25)26/h5-9,12,15H,3-4,10H2,1-2H3,(H,30,31)/t12?,15-/m1/s1. The van der Waals surface area contributed by atoms with Crippen LogP contribution in [0.2, 0.25) is 0 Å². The summed E-state index contributed by atoms with van der Waals surface area (Å²) in [5, 5.41) is 3.17. The molecule has 7 nitrogen and oxygen atoms in total. The maximum Gasteiger partial charge on any atom is 0.451 e. The van der Waals surface area contributed by atoms with Crippen LogP contribution >= 0.6 is 11.3 Å². The van der Waals surface area contributed by atoms with Crippen molar-refractivity contribution < 1.29 is 31.8 Å². The number of thiazole rings is 1. The highest BCUT2D eigenvalue weighted by atomic mass is 32.1. The van der Waals surface area contributed by atoms with Crippen molar-refractivity contribution in [1.29, 1.82) is 0 Å². The van der Waals surface area contributed by atoms with E-state index in [1.165, 1.54) is 30.4 Å². The number of carbonyl (C=O) groups excluding carboxylic acids is 1.